The number of hydrogen-bond donors (Lipinski definition) is 2. The minimum absolute atomic E-state index is 0.216. The van der Waals surface area contributed by atoms with Crippen LogP contribution < -0.4 is 10.6 Å². The first-order valence-electron chi connectivity index (χ1n) is 4.51. The lowest BCUT2D eigenvalue weighted by atomic mass is 10.4. The van der Waals surface area contributed by atoms with Crippen LogP contribution in [0.15, 0.2) is 12.2 Å². The summed E-state index contributed by atoms with van der Waals surface area (Å²) in [6.07, 6.45) is 0.841. The minimum atomic E-state index is -0.332. The quantitative estimate of drug-likeness (QED) is 0.469. The molecule has 4 nitrogen and oxygen atoms in total. The molecule has 0 bridgehead atoms. The van der Waals surface area contributed by atoms with Crippen LogP contribution in [-0.2, 0) is 9.53 Å². The Morgan fingerprint density at radius 1 is 1.54 bits per heavy atom. The topological polar surface area (TPSA) is 50.4 Å². The van der Waals surface area contributed by atoms with Gasteiger partial charge in [0, 0.05) is 12.1 Å². The molecule has 1 heterocycles. The van der Waals surface area contributed by atoms with Gasteiger partial charge in [0.1, 0.15) is 0 Å². The molecule has 0 aromatic rings. The van der Waals surface area contributed by atoms with E-state index in [0.29, 0.717) is 12.1 Å². The lowest BCUT2D eigenvalue weighted by Gasteiger charge is -2.16. The largest absolute Gasteiger partial charge is 0.442 e. The van der Waals surface area contributed by atoms with Crippen molar-refractivity contribution < 1.29 is 9.53 Å². The van der Waals surface area contributed by atoms with E-state index in [4.69, 9.17) is 4.74 Å². The molecule has 1 fully saturated rings. The third kappa shape index (κ3) is 3.57. The summed E-state index contributed by atoms with van der Waals surface area (Å²) in [5.41, 5.74) is 0.436. The van der Waals surface area contributed by atoms with E-state index in [0.717, 1.165) is 19.5 Å². The number of nitrogens with one attached hydrogen (secondary N) is 2. The van der Waals surface area contributed by atoms with Gasteiger partial charge in [-0.2, -0.15) is 0 Å². The second kappa shape index (κ2) is 4.99. The van der Waals surface area contributed by atoms with Crippen LogP contribution >= 0.6 is 0 Å². The molecule has 1 rings (SSSR count). The third-order valence-corrected chi connectivity index (χ3v) is 1.83. The van der Waals surface area contributed by atoms with E-state index in [1.165, 1.54) is 0 Å². The number of esters is 1. The molecule has 0 spiro atoms. The highest BCUT2D eigenvalue weighted by atomic mass is 16.6. The van der Waals surface area contributed by atoms with E-state index in [1.807, 2.05) is 0 Å². The van der Waals surface area contributed by atoms with Gasteiger partial charge in [0.15, 0.2) is 6.23 Å². The lowest BCUT2D eigenvalue weighted by Crippen LogP contribution is -2.39. The molecule has 0 saturated carbocycles. The summed E-state index contributed by atoms with van der Waals surface area (Å²) < 4.78 is 5.12. The highest BCUT2D eigenvalue weighted by Crippen LogP contribution is 1.97. The van der Waals surface area contributed by atoms with Crippen molar-refractivity contribution in [1.29, 1.82) is 0 Å². The fourth-order valence-corrected chi connectivity index (χ4v) is 1.09. The van der Waals surface area contributed by atoms with Crippen molar-refractivity contribution in [1.82, 2.24) is 10.6 Å². The Bertz CT molecular complexity index is 196. The predicted octanol–water partition coefficient (Wildman–Crippen LogP) is 0.0147. The van der Waals surface area contributed by atoms with Crippen LogP contribution in [0.2, 0.25) is 0 Å². The molecular weight excluding hydrogens is 168 g/mol. The Kier molecular flexibility index (Phi) is 3.92. The van der Waals surface area contributed by atoms with Crippen LogP contribution in [0, 0.1) is 0 Å². The van der Waals surface area contributed by atoms with Gasteiger partial charge in [0.25, 0.3) is 0 Å². The third-order valence-electron chi connectivity index (χ3n) is 1.83. The number of hydrogen-bond acceptors (Lipinski definition) is 4. The summed E-state index contributed by atoms with van der Waals surface area (Å²) in [5.74, 6) is -0.332. The number of ether oxygens (including phenoxy) is 1. The maximum atomic E-state index is 11.1. The van der Waals surface area contributed by atoms with Crippen LogP contribution in [0.5, 0.6) is 0 Å². The Hall–Kier alpha value is -0.870. The van der Waals surface area contributed by atoms with Crippen LogP contribution in [-0.4, -0.2) is 31.8 Å². The zero-order valence-electron chi connectivity index (χ0n) is 7.93. The fraction of sp³-hybridized carbons (Fsp3) is 0.667. The van der Waals surface area contributed by atoms with Crippen LogP contribution in [0.1, 0.15) is 13.3 Å². The molecule has 1 aliphatic rings. The average Bonchev–Trinajstić information content (AvgIpc) is 2.32. The molecule has 74 valence electrons. The molecule has 13 heavy (non-hydrogen) atoms. The molecule has 2 N–H and O–H groups in total. The second-order valence-corrected chi connectivity index (χ2v) is 3.19. The summed E-state index contributed by atoms with van der Waals surface area (Å²) in [5, 5.41) is 6.29. The normalized spacial score (nSPS) is 23.3. The molecule has 0 radical (unpaired) electrons. The maximum absolute atomic E-state index is 11.1. The van der Waals surface area contributed by atoms with E-state index < -0.39 is 0 Å². The van der Waals surface area contributed by atoms with Crippen molar-refractivity contribution in [2.45, 2.75) is 19.6 Å². The summed E-state index contributed by atoms with van der Waals surface area (Å²) in [7, 11) is 0. The fourth-order valence-electron chi connectivity index (χ4n) is 1.09. The van der Waals surface area contributed by atoms with Crippen molar-refractivity contribution >= 4 is 5.97 Å². The van der Waals surface area contributed by atoms with Crippen molar-refractivity contribution in [3.05, 3.63) is 12.2 Å². The molecule has 0 amide bonds. The van der Waals surface area contributed by atoms with E-state index in [9.17, 15) is 4.79 Å². The van der Waals surface area contributed by atoms with Gasteiger partial charge in [-0.05, 0) is 26.4 Å². The van der Waals surface area contributed by atoms with E-state index in [1.54, 1.807) is 6.92 Å². The summed E-state index contributed by atoms with van der Waals surface area (Å²) in [6, 6.07) is 0. The van der Waals surface area contributed by atoms with Gasteiger partial charge in [0.05, 0.1) is 0 Å². The zero-order valence-corrected chi connectivity index (χ0v) is 7.93. The molecular formula is C9H16N2O2. The van der Waals surface area contributed by atoms with Crippen LogP contribution in [0.4, 0.5) is 0 Å². The van der Waals surface area contributed by atoms with Gasteiger partial charge in [-0.1, -0.05) is 6.58 Å². The second-order valence-electron chi connectivity index (χ2n) is 3.19. The van der Waals surface area contributed by atoms with Crippen molar-refractivity contribution in [3.63, 3.8) is 0 Å². The Labute approximate surface area is 78.3 Å². The van der Waals surface area contributed by atoms with Gasteiger partial charge in [-0.25, -0.2) is 4.79 Å². The molecule has 4 heteroatoms. The number of carbonyl (C=O) groups excluding carboxylic acids is 1. The van der Waals surface area contributed by atoms with Gasteiger partial charge in [-0.3, -0.25) is 5.32 Å². The van der Waals surface area contributed by atoms with Gasteiger partial charge in [0.2, 0.25) is 0 Å². The van der Waals surface area contributed by atoms with Crippen LogP contribution in [0.3, 0.4) is 0 Å². The highest BCUT2D eigenvalue weighted by Gasteiger charge is 2.15. The summed E-state index contributed by atoms with van der Waals surface area (Å²) >= 11 is 0. The smallest absolute Gasteiger partial charge is 0.334 e. The lowest BCUT2D eigenvalue weighted by molar-refractivity contribution is -0.145. The molecule has 1 unspecified atom stereocenters. The van der Waals surface area contributed by atoms with E-state index in [2.05, 4.69) is 17.2 Å². The zero-order chi connectivity index (χ0) is 9.68. The average molecular weight is 184 g/mol. The Balaban J connectivity index is 2.33. The van der Waals surface area contributed by atoms with Gasteiger partial charge < -0.3 is 10.1 Å². The first-order valence-corrected chi connectivity index (χ1v) is 4.51. The first-order chi connectivity index (χ1) is 6.20. The maximum Gasteiger partial charge on any atom is 0.334 e. The van der Waals surface area contributed by atoms with Crippen molar-refractivity contribution in [2.75, 3.05) is 19.6 Å². The Morgan fingerprint density at radius 3 is 3.00 bits per heavy atom. The monoisotopic (exact) mass is 184 g/mol. The van der Waals surface area contributed by atoms with Gasteiger partial charge in [-0.15, -0.1) is 0 Å². The Morgan fingerprint density at radius 2 is 2.31 bits per heavy atom. The molecule has 0 aromatic heterocycles. The standard InChI is InChI=1S/C9H16N2O2/c1-7(2)9(12)13-8-6-10-4-3-5-11-8/h8,10-11H,1,3-6H2,2H3. The SMILES string of the molecule is C=C(C)C(=O)OC1CNCCCN1. The first kappa shape index (κ1) is 10.2. The molecule has 0 aromatic carbocycles. The van der Waals surface area contributed by atoms with Crippen LogP contribution in [0.25, 0.3) is 0 Å². The predicted molar refractivity (Wildman–Crippen MR) is 50.2 cm³/mol. The summed E-state index contributed by atoms with van der Waals surface area (Å²) in [6.45, 7) is 7.67. The molecule has 0 aliphatic carbocycles. The molecule has 1 atom stereocenters. The molecule has 1 aliphatic heterocycles. The van der Waals surface area contributed by atoms with Crippen molar-refractivity contribution in [3.8, 4) is 0 Å². The minimum Gasteiger partial charge on any atom is -0.442 e. The van der Waals surface area contributed by atoms with E-state index >= 15 is 0 Å². The molecule has 1 saturated heterocycles. The van der Waals surface area contributed by atoms with Crippen molar-refractivity contribution in [2.24, 2.45) is 0 Å². The van der Waals surface area contributed by atoms with Gasteiger partial charge >= 0.3 is 5.97 Å². The number of carbonyl (C=O) groups is 1. The summed E-state index contributed by atoms with van der Waals surface area (Å²) in [4.78, 5) is 11.1. The highest BCUT2D eigenvalue weighted by molar-refractivity contribution is 5.87. The van der Waals surface area contributed by atoms with E-state index in [-0.39, 0.29) is 12.2 Å². The number of rotatable bonds is 2.